The molecular weight excluding hydrogens is 364 g/mol. The van der Waals surface area contributed by atoms with Crippen LogP contribution in [0.1, 0.15) is 25.2 Å². The second-order valence-electron chi connectivity index (χ2n) is 6.23. The van der Waals surface area contributed by atoms with Gasteiger partial charge in [-0.15, -0.1) is 11.3 Å². The highest BCUT2D eigenvalue weighted by Gasteiger charge is 2.12. The molecule has 0 atom stereocenters. The summed E-state index contributed by atoms with van der Waals surface area (Å²) in [6.07, 6.45) is 3.63. The molecule has 3 heterocycles. The van der Waals surface area contributed by atoms with Crippen LogP contribution in [-0.2, 0) is 22.6 Å². The van der Waals surface area contributed by atoms with E-state index in [2.05, 4.69) is 25.7 Å². The van der Waals surface area contributed by atoms with Gasteiger partial charge < -0.3 is 10.6 Å². The molecule has 0 aliphatic heterocycles. The molecule has 3 rings (SSSR count). The monoisotopic (exact) mass is 384 g/mol. The number of thiazole rings is 1. The molecule has 0 fully saturated rings. The van der Waals surface area contributed by atoms with Gasteiger partial charge in [-0.2, -0.15) is 5.10 Å². The zero-order chi connectivity index (χ0) is 19.2. The molecule has 3 aromatic heterocycles. The number of carbonyl (C=O) groups is 2. The highest BCUT2D eigenvalue weighted by Crippen LogP contribution is 2.17. The Labute approximate surface area is 160 Å². The van der Waals surface area contributed by atoms with E-state index in [9.17, 15) is 9.59 Å². The normalized spacial score (nSPS) is 10.8. The molecule has 0 saturated heterocycles. The number of aromatic nitrogens is 4. The fourth-order valence-corrected chi connectivity index (χ4v) is 2.93. The summed E-state index contributed by atoms with van der Waals surface area (Å²) in [4.78, 5) is 32.4. The van der Waals surface area contributed by atoms with Gasteiger partial charge in [0.05, 0.1) is 24.4 Å². The third-order valence-corrected chi connectivity index (χ3v) is 4.41. The Morgan fingerprint density at radius 1 is 1.19 bits per heavy atom. The van der Waals surface area contributed by atoms with Crippen molar-refractivity contribution in [3.63, 3.8) is 0 Å². The summed E-state index contributed by atoms with van der Waals surface area (Å²) < 4.78 is 1.71. The number of nitrogens with zero attached hydrogens (tertiary/aromatic N) is 4. The molecule has 0 unspecified atom stereocenters. The maximum Gasteiger partial charge on any atom is 0.231 e. The predicted octanol–water partition coefficient (Wildman–Crippen LogP) is 2.56. The maximum absolute atomic E-state index is 12.2. The third-order valence-electron chi connectivity index (χ3n) is 3.61. The molecular formula is C18H20N6O2S. The summed E-state index contributed by atoms with van der Waals surface area (Å²) in [5.41, 5.74) is 1.49. The summed E-state index contributed by atoms with van der Waals surface area (Å²) in [7, 11) is 0. The van der Waals surface area contributed by atoms with Gasteiger partial charge in [0.25, 0.3) is 0 Å². The van der Waals surface area contributed by atoms with Gasteiger partial charge in [0.15, 0.2) is 10.9 Å². The highest BCUT2D eigenvalue weighted by atomic mass is 32.1. The largest absolute Gasteiger partial charge is 0.309 e. The van der Waals surface area contributed by atoms with E-state index in [0.717, 1.165) is 5.69 Å². The smallest absolute Gasteiger partial charge is 0.231 e. The average molecular weight is 384 g/mol. The molecule has 9 heteroatoms. The van der Waals surface area contributed by atoms with Gasteiger partial charge in [0.1, 0.15) is 0 Å². The summed E-state index contributed by atoms with van der Waals surface area (Å²) in [5.74, 6) is 0.0326. The molecule has 8 nitrogen and oxygen atoms in total. The Hall–Kier alpha value is -3.07. The minimum atomic E-state index is -0.217. The zero-order valence-electron chi connectivity index (χ0n) is 15.0. The molecule has 2 N–H and O–H groups in total. The number of amides is 2. The predicted molar refractivity (Wildman–Crippen MR) is 103 cm³/mol. The number of nitrogens with one attached hydrogen (secondary N) is 2. The van der Waals surface area contributed by atoms with Crippen LogP contribution >= 0.6 is 11.3 Å². The lowest BCUT2D eigenvalue weighted by Gasteiger charge is -2.03. The second-order valence-corrected chi connectivity index (χ2v) is 7.09. The van der Waals surface area contributed by atoms with Crippen LogP contribution in [0, 0.1) is 5.92 Å². The molecule has 0 saturated carbocycles. The van der Waals surface area contributed by atoms with Crippen molar-refractivity contribution in [2.45, 2.75) is 26.8 Å². The molecule has 27 heavy (non-hydrogen) atoms. The van der Waals surface area contributed by atoms with Crippen LogP contribution in [0.5, 0.6) is 0 Å². The van der Waals surface area contributed by atoms with Crippen LogP contribution in [0.4, 0.5) is 10.9 Å². The van der Waals surface area contributed by atoms with Crippen LogP contribution in [0.15, 0.2) is 42.0 Å². The van der Waals surface area contributed by atoms with Crippen molar-refractivity contribution >= 4 is 34.1 Å². The van der Waals surface area contributed by atoms with Gasteiger partial charge in [-0.05, 0) is 12.1 Å². The van der Waals surface area contributed by atoms with Crippen LogP contribution in [-0.4, -0.2) is 31.6 Å². The lowest BCUT2D eigenvalue weighted by molar-refractivity contribution is -0.119. The van der Waals surface area contributed by atoms with E-state index in [1.54, 1.807) is 28.5 Å². The van der Waals surface area contributed by atoms with Crippen LogP contribution in [0.3, 0.4) is 0 Å². The van der Waals surface area contributed by atoms with E-state index < -0.39 is 0 Å². The Morgan fingerprint density at radius 3 is 2.78 bits per heavy atom. The topological polar surface area (TPSA) is 102 Å². The van der Waals surface area contributed by atoms with Gasteiger partial charge in [-0.1, -0.05) is 19.9 Å². The first-order valence-corrected chi connectivity index (χ1v) is 9.36. The van der Waals surface area contributed by atoms with Gasteiger partial charge in [0.2, 0.25) is 11.8 Å². The summed E-state index contributed by atoms with van der Waals surface area (Å²) in [6, 6.07) is 7.42. The van der Waals surface area contributed by atoms with E-state index in [1.807, 2.05) is 32.0 Å². The second kappa shape index (κ2) is 8.54. The lowest BCUT2D eigenvalue weighted by Crippen LogP contribution is -2.18. The number of anilines is 2. The number of rotatable bonds is 7. The molecule has 0 aliphatic rings. The van der Waals surface area contributed by atoms with E-state index in [1.165, 1.54) is 11.3 Å². The Bertz CT molecular complexity index is 919. The fourth-order valence-electron chi connectivity index (χ4n) is 2.22. The quantitative estimate of drug-likeness (QED) is 0.652. The van der Waals surface area contributed by atoms with Crippen LogP contribution in [0.25, 0.3) is 0 Å². The van der Waals surface area contributed by atoms with Crippen molar-refractivity contribution in [3.05, 3.63) is 53.4 Å². The zero-order valence-corrected chi connectivity index (χ0v) is 15.9. The SMILES string of the molecule is CC(C)C(=O)Nc1nc(CC(=O)Nc2ccn(Cc3ccccn3)n2)cs1. The number of hydrogen-bond acceptors (Lipinski definition) is 6. The van der Waals surface area contributed by atoms with E-state index in [4.69, 9.17) is 0 Å². The summed E-state index contributed by atoms with van der Waals surface area (Å²) in [6.45, 7) is 4.15. The molecule has 0 radical (unpaired) electrons. The molecule has 2 amide bonds. The average Bonchev–Trinajstić information content (AvgIpc) is 3.25. The van der Waals surface area contributed by atoms with Crippen molar-refractivity contribution in [1.82, 2.24) is 19.7 Å². The van der Waals surface area contributed by atoms with Gasteiger partial charge >= 0.3 is 0 Å². The standard InChI is InChI=1S/C18H20N6O2S/c1-12(2)17(26)22-18-20-14(11-27-18)9-16(25)21-15-6-8-24(23-15)10-13-5-3-4-7-19-13/h3-8,11-12H,9-10H2,1-2H3,(H,20,22,26)(H,21,23,25). The van der Waals surface area contributed by atoms with Gasteiger partial charge in [-0.3, -0.25) is 19.3 Å². The van der Waals surface area contributed by atoms with Crippen molar-refractivity contribution < 1.29 is 9.59 Å². The van der Waals surface area contributed by atoms with Crippen molar-refractivity contribution in [2.24, 2.45) is 5.92 Å². The minimum absolute atomic E-state index is 0.0983. The molecule has 140 valence electrons. The summed E-state index contributed by atoms with van der Waals surface area (Å²) >= 11 is 1.30. The van der Waals surface area contributed by atoms with Crippen molar-refractivity contribution in [2.75, 3.05) is 10.6 Å². The lowest BCUT2D eigenvalue weighted by atomic mass is 10.2. The van der Waals surface area contributed by atoms with E-state index >= 15 is 0 Å². The van der Waals surface area contributed by atoms with Crippen LogP contribution < -0.4 is 10.6 Å². The van der Waals surface area contributed by atoms with Crippen LogP contribution in [0.2, 0.25) is 0 Å². The van der Waals surface area contributed by atoms with Crippen molar-refractivity contribution in [1.29, 1.82) is 0 Å². The van der Waals surface area contributed by atoms with Gasteiger partial charge in [0, 0.05) is 29.8 Å². The summed E-state index contributed by atoms with van der Waals surface area (Å²) in [5, 5.41) is 12.1. The number of hydrogen-bond donors (Lipinski definition) is 2. The van der Waals surface area contributed by atoms with Crippen molar-refractivity contribution in [3.8, 4) is 0 Å². The van der Waals surface area contributed by atoms with E-state index in [-0.39, 0.29) is 24.2 Å². The minimum Gasteiger partial charge on any atom is -0.309 e. The van der Waals surface area contributed by atoms with Gasteiger partial charge in [-0.25, -0.2) is 4.98 Å². The Morgan fingerprint density at radius 2 is 2.04 bits per heavy atom. The molecule has 0 spiro atoms. The first kappa shape index (κ1) is 18.7. The molecule has 0 aliphatic carbocycles. The first-order chi connectivity index (χ1) is 13.0. The maximum atomic E-state index is 12.2. The number of pyridine rings is 1. The molecule has 0 aromatic carbocycles. The third kappa shape index (κ3) is 5.45. The molecule has 3 aromatic rings. The number of carbonyl (C=O) groups excluding carboxylic acids is 2. The Kier molecular flexibility index (Phi) is 5.92. The highest BCUT2D eigenvalue weighted by molar-refractivity contribution is 7.13. The fraction of sp³-hybridized carbons (Fsp3) is 0.278. The first-order valence-electron chi connectivity index (χ1n) is 8.48. The van der Waals surface area contributed by atoms with E-state index in [0.29, 0.717) is 23.2 Å². The Balaban J connectivity index is 1.52. The molecule has 0 bridgehead atoms.